The van der Waals surface area contributed by atoms with Crippen molar-refractivity contribution >= 4 is 58.1 Å². The molecule has 12 heteroatoms. The highest BCUT2D eigenvalue weighted by atomic mass is 35.5. The Labute approximate surface area is 177 Å². The lowest BCUT2D eigenvalue weighted by Crippen LogP contribution is -2.29. The lowest BCUT2D eigenvalue weighted by molar-refractivity contribution is -0.114. The number of carbonyl (C=O) groups is 2. The van der Waals surface area contributed by atoms with Gasteiger partial charge in [-0.2, -0.15) is 0 Å². The Morgan fingerprint density at radius 3 is 2.87 bits per heavy atom. The summed E-state index contributed by atoms with van der Waals surface area (Å²) in [5.74, 6) is -0.932. The van der Waals surface area contributed by atoms with Gasteiger partial charge in [0.05, 0.1) is 9.93 Å². The molecule has 1 fully saturated rings. The van der Waals surface area contributed by atoms with Gasteiger partial charge in [-0.3, -0.25) is 15.0 Å². The van der Waals surface area contributed by atoms with Crippen molar-refractivity contribution in [3.8, 4) is 11.3 Å². The number of anilines is 2. The third kappa shape index (κ3) is 3.72. The maximum Gasteiger partial charge on any atom is 0.272 e. The summed E-state index contributed by atoms with van der Waals surface area (Å²) < 4.78 is 23.6. The molecule has 0 saturated carbocycles. The van der Waals surface area contributed by atoms with Crippen LogP contribution in [0.25, 0.3) is 17.4 Å². The van der Waals surface area contributed by atoms with Gasteiger partial charge >= 0.3 is 0 Å². The summed E-state index contributed by atoms with van der Waals surface area (Å²) in [4.78, 5) is 25.2. The third-order valence-electron chi connectivity index (χ3n) is 3.91. The van der Waals surface area contributed by atoms with E-state index in [2.05, 4.69) is 20.3 Å². The molecule has 0 aliphatic carbocycles. The van der Waals surface area contributed by atoms with Crippen molar-refractivity contribution in [1.29, 1.82) is 5.41 Å². The van der Waals surface area contributed by atoms with E-state index >= 15 is 0 Å². The lowest BCUT2D eigenvalue weighted by atomic mass is 10.2. The molecule has 2 aromatic heterocycles. The molecule has 0 bridgehead atoms. The normalized spacial score (nSPS) is 15.3. The van der Waals surface area contributed by atoms with Crippen LogP contribution in [0.1, 0.15) is 12.7 Å². The molecule has 30 heavy (non-hydrogen) atoms. The summed E-state index contributed by atoms with van der Waals surface area (Å²) >= 11 is 6.68. The number of hydrogen-bond donors (Lipinski definition) is 2. The first kappa shape index (κ1) is 19.9. The molecule has 1 aliphatic rings. The van der Waals surface area contributed by atoms with E-state index in [4.69, 9.17) is 21.4 Å². The van der Waals surface area contributed by atoms with E-state index < -0.39 is 17.6 Å². The van der Waals surface area contributed by atoms with E-state index in [1.54, 1.807) is 12.1 Å². The quantitative estimate of drug-likeness (QED) is 0.575. The summed E-state index contributed by atoms with van der Waals surface area (Å²) in [5, 5.41) is 17.4. The van der Waals surface area contributed by atoms with Gasteiger partial charge in [0.2, 0.25) is 17.5 Å². The zero-order valence-corrected chi connectivity index (χ0v) is 16.7. The van der Waals surface area contributed by atoms with Crippen LogP contribution in [0.3, 0.4) is 0 Å². The first-order valence-corrected chi connectivity index (χ1v) is 9.51. The molecule has 9 nitrogen and oxygen atoms in total. The second-order valence-corrected chi connectivity index (χ2v) is 7.44. The van der Waals surface area contributed by atoms with Crippen molar-refractivity contribution in [3.05, 3.63) is 51.8 Å². The molecule has 0 unspecified atom stereocenters. The number of amidine groups is 1. The van der Waals surface area contributed by atoms with Crippen molar-refractivity contribution in [2.45, 2.75) is 6.92 Å². The maximum atomic E-state index is 13.3. The monoisotopic (exact) mass is 447 g/mol. The van der Waals surface area contributed by atoms with Crippen molar-refractivity contribution in [1.82, 2.24) is 10.3 Å². The van der Waals surface area contributed by atoms with Gasteiger partial charge in [0.25, 0.3) is 5.91 Å². The zero-order valence-electron chi connectivity index (χ0n) is 15.1. The minimum atomic E-state index is -0.560. The smallest absolute Gasteiger partial charge is 0.272 e. The van der Waals surface area contributed by atoms with Crippen LogP contribution in [0.4, 0.5) is 16.0 Å². The predicted molar refractivity (Wildman–Crippen MR) is 108 cm³/mol. The number of amides is 2. The van der Waals surface area contributed by atoms with Gasteiger partial charge in [-0.1, -0.05) is 11.6 Å². The molecular formula is C18H11ClFN5O4S. The molecule has 152 valence electrons. The van der Waals surface area contributed by atoms with Crippen LogP contribution in [0, 0.1) is 11.2 Å². The second-order valence-electron chi connectivity index (χ2n) is 6.00. The molecule has 0 atom stereocenters. The van der Waals surface area contributed by atoms with Crippen molar-refractivity contribution in [3.63, 3.8) is 0 Å². The average molecular weight is 448 g/mol. The van der Waals surface area contributed by atoms with Gasteiger partial charge in [-0.05, 0) is 52.4 Å². The topological polar surface area (TPSA) is 125 Å². The first-order chi connectivity index (χ1) is 14.3. The molecule has 4 rings (SSSR count). The number of thioether (sulfide) groups is 1. The summed E-state index contributed by atoms with van der Waals surface area (Å²) in [6.45, 7) is 1.26. The van der Waals surface area contributed by atoms with E-state index in [1.807, 2.05) is 0 Å². The second kappa shape index (κ2) is 7.76. The predicted octanol–water partition coefficient (Wildman–Crippen LogP) is 4.14. The number of hydrogen-bond acceptors (Lipinski definition) is 8. The molecule has 1 aromatic carbocycles. The van der Waals surface area contributed by atoms with Gasteiger partial charge < -0.3 is 9.73 Å². The highest BCUT2D eigenvalue weighted by molar-refractivity contribution is 8.19. The Hall–Kier alpha value is -3.44. The minimum absolute atomic E-state index is 0.0365. The van der Waals surface area contributed by atoms with E-state index in [0.29, 0.717) is 17.1 Å². The van der Waals surface area contributed by atoms with E-state index in [-0.39, 0.29) is 26.7 Å². The number of carbonyl (C=O) groups excluding carboxylic acids is 2. The molecule has 1 saturated heterocycles. The van der Waals surface area contributed by atoms with Gasteiger partial charge in [0.15, 0.2) is 5.17 Å². The van der Waals surface area contributed by atoms with Crippen LogP contribution < -0.4 is 10.2 Å². The van der Waals surface area contributed by atoms with E-state index in [1.165, 1.54) is 31.2 Å². The van der Waals surface area contributed by atoms with Gasteiger partial charge in [-0.15, -0.1) is 0 Å². The van der Waals surface area contributed by atoms with Crippen molar-refractivity contribution < 1.29 is 23.0 Å². The molecule has 3 heterocycles. The molecule has 1 aliphatic heterocycles. The molecule has 3 aromatic rings. The van der Waals surface area contributed by atoms with E-state index in [0.717, 1.165) is 16.7 Å². The summed E-state index contributed by atoms with van der Waals surface area (Å²) in [6, 6.07) is 7.46. The number of rotatable bonds is 4. The molecular weight excluding hydrogens is 437 g/mol. The van der Waals surface area contributed by atoms with Crippen molar-refractivity contribution in [2.75, 3.05) is 10.2 Å². The van der Waals surface area contributed by atoms with Crippen LogP contribution in [-0.4, -0.2) is 27.3 Å². The third-order valence-corrected chi connectivity index (χ3v) is 5.08. The SMILES string of the molecule is CC(=O)Nc1nonc1N1C(=N)S/C(=C\c2ccc(-c3ccc(F)c(Cl)c3)o2)C1=O. The largest absolute Gasteiger partial charge is 0.457 e. The number of benzene rings is 1. The average Bonchev–Trinajstić information content (AvgIpc) is 3.38. The molecule has 0 spiro atoms. The first-order valence-electron chi connectivity index (χ1n) is 8.31. The molecule has 2 amide bonds. The Kier molecular flexibility index (Phi) is 5.14. The fraction of sp³-hybridized carbons (Fsp3) is 0.0556. The number of halogens is 2. The van der Waals surface area contributed by atoms with Crippen LogP contribution in [-0.2, 0) is 9.59 Å². The summed E-state index contributed by atoms with van der Waals surface area (Å²) in [6.07, 6.45) is 1.46. The number of nitrogens with zero attached hydrogens (tertiary/aromatic N) is 3. The Morgan fingerprint density at radius 1 is 1.33 bits per heavy atom. The number of nitrogens with one attached hydrogen (secondary N) is 2. The highest BCUT2D eigenvalue weighted by Gasteiger charge is 2.38. The summed E-state index contributed by atoms with van der Waals surface area (Å²) in [5.41, 5.74) is 0.569. The summed E-state index contributed by atoms with van der Waals surface area (Å²) in [7, 11) is 0. The fourth-order valence-corrected chi connectivity index (χ4v) is 3.62. The Morgan fingerprint density at radius 2 is 2.13 bits per heavy atom. The zero-order chi connectivity index (χ0) is 21.4. The van der Waals surface area contributed by atoms with Gasteiger partial charge in [-0.25, -0.2) is 13.9 Å². The lowest BCUT2D eigenvalue weighted by Gasteiger charge is -2.10. The van der Waals surface area contributed by atoms with E-state index in [9.17, 15) is 14.0 Å². The van der Waals surface area contributed by atoms with Crippen molar-refractivity contribution in [2.24, 2.45) is 0 Å². The van der Waals surface area contributed by atoms with Gasteiger partial charge in [0.1, 0.15) is 17.3 Å². The number of aromatic nitrogens is 2. The van der Waals surface area contributed by atoms with Gasteiger partial charge in [0, 0.05) is 18.6 Å². The Bertz CT molecular complexity index is 1220. The Balaban J connectivity index is 1.60. The van der Waals surface area contributed by atoms with Crippen LogP contribution in [0.15, 0.2) is 44.3 Å². The fourth-order valence-electron chi connectivity index (χ4n) is 2.62. The highest BCUT2D eigenvalue weighted by Crippen LogP contribution is 2.37. The number of furan rings is 1. The molecule has 2 N–H and O–H groups in total. The minimum Gasteiger partial charge on any atom is -0.457 e. The van der Waals surface area contributed by atoms with Crippen LogP contribution >= 0.6 is 23.4 Å². The van der Waals surface area contributed by atoms with Crippen LogP contribution in [0.2, 0.25) is 5.02 Å². The van der Waals surface area contributed by atoms with Crippen LogP contribution in [0.5, 0.6) is 0 Å². The standard InChI is InChI=1S/C18H11ClFN5O4S/c1-8(26)22-15-16(24-29-23-15)25-17(27)14(30-18(25)21)7-10-3-5-13(28-10)9-2-4-12(20)11(19)6-9/h2-7,21H,1H3,(H,22,23,26)/b14-7-,21-18?. The maximum absolute atomic E-state index is 13.3. The molecule has 0 radical (unpaired) electrons.